The van der Waals surface area contributed by atoms with E-state index in [4.69, 9.17) is 9.41 Å². The van der Waals surface area contributed by atoms with Crippen molar-refractivity contribution in [3.8, 4) is 0 Å². The Morgan fingerprint density at radius 2 is 1.93 bits per heavy atom. The molecule has 29 heavy (non-hydrogen) atoms. The van der Waals surface area contributed by atoms with Crippen LogP contribution in [0.1, 0.15) is 71.1 Å². The predicted octanol–water partition coefficient (Wildman–Crippen LogP) is 4.17. The van der Waals surface area contributed by atoms with Gasteiger partial charge in [0.05, 0.1) is 12.3 Å². The van der Waals surface area contributed by atoms with Crippen molar-refractivity contribution in [3.05, 3.63) is 24.2 Å². The molecule has 0 spiro atoms. The lowest BCUT2D eigenvalue weighted by Gasteiger charge is -2.34. The van der Waals surface area contributed by atoms with Crippen LogP contribution in [0.4, 0.5) is 0 Å². The van der Waals surface area contributed by atoms with Crippen molar-refractivity contribution in [2.24, 2.45) is 10.4 Å². The second kappa shape index (κ2) is 14.2. The van der Waals surface area contributed by atoms with E-state index < -0.39 is 0 Å². The number of hydrogen-bond acceptors (Lipinski definition) is 4. The van der Waals surface area contributed by atoms with Gasteiger partial charge in [0, 0.05) is 26.2 Å². The van der Waals surface area contributed by atoms with Gasteiger partial charge in [-0.2, -0.15) is 0 Å². The molecule has 1 aliphatic heterocycles. The highest BCUT2D eigenvalue weighted by molar-refractivity contribution is 14.0. The van der Waals surface area contributed by atoms with Gasteiger partial charge in [-0.3, -0.25) is 9.89 Å². The first-order chi connectivity index (χ1) is 13.7. The molecule has 1 atom stereocenters. The lowest BCUT2D eigenvalue weighted by Crippen LogP contribution is -2.44. The average molecular weight is 521 g/mol. The molecule has 0 aliphatic carbocycles. The summed E-state index contributed by atoms with van der Waals surface area (Å²) in [7, 11) is 0. The fraction of sp³-hybridized carbons (Fsp3) is 0.773. The summed E-state index contributed by atoms with van der Waals surface area (Å²) >= 11 is 0. The van der Waals surface area contributed by atoms with Gasteiger partial charge in [0.15, 0.2) is 5.96 Å². The van der Waals surface area contributed by atoms with Gasteiger partial charge in [0.25, 0.3) is 0 Å². The van der Waals surface area contributed by atoms with Crippen molar-refractivity contribution in [1.82, 2.24) is 15.5 Å². The predicted molar refractivity (Wildman–Crippen MR) is 131 cm³/mol. The molecular weight excluding hydrogens is 479 g/mol. The number of halogens is 1. The van der Waals surface area contributed by atoms with Crippen molar-refractivity contribution < 1.29 is 9.52 Å². The van der Waals surface area contributed by atoms with Gasteiger partial charge in [-0.1, -0.05) is 20.3 Å². The van der Waals surface area contributed by atoms with Crippen LogP contribution in [0.15, 0.2) is 27.8 Å². The van der Waals surface area contributed by atoms with Crippen LogP contribution in [0.5, 0.6) is 0 Å². The van der Waals surface area contributed by atoms with Crippen LogP contribution >= 0.6 is 24.0 Å². The van der Waals surface area contributed by atoms with E-state index in [0.717, 1.165) is 63.7 Å². The summed E-state index contributed by atoms with van der Waals surface area (Å²) in [5.74, 6) is 1.86. The maximum absolute atomic E-state index is 9.46. The lowest BCUT2D eigenvalue weighted by molar-refractivity contribution is 0.146. The minimum atomic E-state index is 0. The second-order valence-electron chi connectivity index (χ2n) is 7.88. The first-order valence-corrected chi connectivity index (χ1v) is 11.1. The van der Waals surface area contributed by atoms with Crippen LogP contribution in [0.25, 0.3) is 0 Å². The zero-order valence-electron chi connectivity index (χ0n) is 18.5. The van der Waals surface area contributed by atoms with Crippen molar-refractivity contribution in [2.75, 3.05) is 39.3 Å². The number of aliphatic hydroxyl groups excluding tert-OH is 1. The molecule has 0 amide bonds. The number of aliphatic imine (C=N–C) groups is 1. The Kier molecular flexibility index (Phi) is 12.9. The van der Waals surface area contributed by atoms with E-state index in [2.05, 4.69) is 42.4 Å². The summed E-state index contributed by atoms with van der Waals surface area (Å²) in [5, 5.41) is 16.4. The van der Waals surface area contributed by atoms with Crippen LogP contribution in [0.3, 0.4) is 0 Å². The number of nitrogens with zero attached hydrogens (tertiary/aromatic N) is 2. The maximum atomic E-state index is 9.46. The Morgan fingerprint density at radius 1 is 1.21 bits per heavy atom. The number of furan rings is 1. The molecule has 1 aromatic heterocycles. The number of guanidine groups is 1. The molecule has 3 N–H and O–H groups in total. The zero-order valence-corrected chi connectivity index (χ0v) is 20.8. The van der Waals surface area contributed by atoms with Crippen molar-refractivity contribution >= 4 is 29.9 Å². The molecule has 2 rings (SSSR count). The fourth-order valence-electron chi connectivity index (χ4n) is 4.05. The van der Waals surface area contributed by atoms with Crippen LogP contribution in [-0.2, 0) is 0 Å². The van der Waals surface area contributed by atoms with E-state index in [1.807, 2.05) is 6.07 Å². The molecule has 168 valence electrons. The summed E-state index contributed by atoms with van der Waals surface area (Å²) in [6.07, 6.45) is 8.43. The Bertz CT molecular complexity index is 555. The molecule has 0 saturated carbocycles. The highest BCUT2D eigenvalue weighted by atomic mass is 127. The average Bonchev–Trinajstić information content (AvgIpc) is 3.26. The second-order valence-corrected chi connectivity index (χ2v) is 7.88. The Balaban J connectivity index is 0.00000420. The number of rotatable bonds is 11. The van der Waals surface area contributed by atoms with E-state index in [9.17, 15) is 5.11 Å². The standard InChI is InChI=1S/C22H40N4O2.HI/c1-4-22(5-2,12-15-27)18-25-21(23-6-3)24-17-19(20-11-10-16-28-20)26-13-8-7-9-14-26;/h10-11,16,19,27H,4-9,12-15,17-18H2,1-3H3,(H2,23,24,25);1H. The van der Waals surface area contributed by atoms with Gasteiger partial charge in [0.1, 0.15) is 5.76 Å². The van der Waals surface area contributed by atoms with E-state index in [1.165, 1.54) is 19.3 Å². The minimum Gasteiger partial charge on any atom is -0.468 e. The highest BCUT2D eigenvalue weighted by Crippen LogP contribution is 2.30. The fourth-order valence-corrected chi connectivity index (χ4v) is 4.05. The lowest BCUT2D eigenvalue weighted by atomic mass is 9.79. The molecule has 2 heterocycles. The molecule has 1 fully saturated rings. The SMILES string of the molecule is CCNC(=NCC(CC)(CC)CCO)NCC(c1ccco1)N1CCCCC1.I. The Hall–Kier alpha value is -0.800. The monoisotopic (exact) mass is 520 g/mol. The first-order valence-electron chi connectivity index (χ1n) is 11.1. The molecule has 1 unspecified atom stereocenters. The normalized spacial score (nSPS) is 16.9. The molecule has 7 heteroatoms. The smallest absolute Gasteiger partial charge is 0.191 e. The van der Waals surface area contributed by atoms with Crippen LogP contribution < -0.4 is 10.6 Å². The van der Waals surface area contributed by atoms with E-state index in [-0.39, 0.29) is 42.0 Å². The van der Waals surface area contributed by atoms with Gasteiger partial charge in [-0.15, -0.1) is 24.0 Å². The highest BCUT2D eigenvalue weighted by Gasteiger charge is 2.27. The minimum absolute atomic E-state index is 0. The van der Waals surface area contributed by atoms with Gasteiger partial charge >= 0.3 is 0 Å². The van der Waals surface area contributed by atoms with Crippen molar-refractivity contribution in [2.45, 2.75) is 65.3 Å². The molecule has 6 nitrogen and oxygen atoms in total. The Morgan fingerprint density at radius 3 is 2.48 bits per heavy atom. The molecule has 1 aromatic rings. The zero-order chi connectivity index (χ0) is 20.2. The number of likely N-dealkylation sites (tertiary alicyclic amines) is 1. The third-order valence-electron chi connectivity index (χ3n) is 6.22. The molecule has 0 aromatic carbocycles. The van der Waals surface area contributed by atoms with Gasteiger partial charge in [-0.05, 0) is 69.7 Å². The third-order valence-corrected chi connectivity index (χ3v) is 6.22. The van der Waals surface area contributed by atoms with Gasteiger partial charge in [-0.25, -0.2) is 0 Å². The summed E-state index contributed by atoms with van der Waals surface area (Å²) < 4.78 is 5.75. The van der Waals surface area contributed by atoms with Crippen LogP contribution in [-0.4, -0.2) is 55.3 Å². The molecule has 1 aliphatic rings. The largest absolute Gasteiger partial charge is 0.468 e. The molecule has 1 saturated heterocycles. The van der Waals surface area contributed by atoms with Crippen LogP contribution in [0, 0.1) is 5.41 Å². The summed E-state index contributed by atoms with van der Waals surface area (Å²) in [6, 6.07) is 4.27. The number of nitrogens with one attached hydrogen (secondary N) is 2. The number of piperidine rings is 1. The number of hydrogen-bond donors (Lipinski definition) is 3. The quantitative estimate of drug-likeness (QED) is 0.232. The molecule has 0 bridgehead atoms. The van der Waals surface area contributed by atoms with Gasteiger partial charge in [0.2, 0.25) is 0 Å². The van der Waals surface area contributed by atoms with Gasteiger partial charge < -0.3 is 20.2 Å². The number of aliphatic hydroxyl groups is 1. The Labute approximate surface area is 193 Å². The summed E-state index contributed by atoms with van der Waals surface area (Å²) in [5.41, 5.74) is 0.0738. The van der Waals surface area contributed by atoms with Crippen molar-refractivity contribution in [3.63, 3.8) is 0 Å². The maximum Gasteiger partial charge on any atom is 0.191 e. The topological polar surface area (TPSA) is 73.0 Å². The van der Waals surface area contributed by atoms with Crippen LogP contribution in [0.2, 0.25) is 0 Å². The van der Waals surface area contributed by atoms with E-state index in [1.54, 1.807) is 6.26 Å². The third kappa shape index (κ3) is 8.09. The van der Waals surface area contributed by atoms with Crippen molar-refractivity contribution in [1.29, 1.82) is 0 Å². The van der Waals surface area contributed by atoms with E-state index in [0.29, 0.717) is 0 Å². The molecular formula is C22H41IN4O2. The molecule has 0 radical (unpaired) electrons. The first kappa shape index (κ1) is 26.2. The summed E-state index contributed by atoms with van der Waals surface area (Å²) in [6.45, 7) is 11.2. The van der Waals surface area contributed by atoms with E-state index >= 15 is 0 Å². The summed E-state index contributed by atoms with van der Waals surface area (Å²) in [4.78, 5) is 7.40.